The van der Waals surface area contributed by atoms with Crippen LogP contribution in [0.5, 0.6) is 0 Å². The second kappa shape index (κ2) is 11.2. The lowest BCUT2D eigenvalue weighted by atomic mass is 9.97. The van der Waals surface area contributed by atoms with Gasteiger partial charge in [0.1, 0.15) is 0 Å². The summed E-state index contributed by atoms with van der Waals surface area (Å²) in [6, 6.07) is 8.74. The zero-order chi connectivity index (χ0) is 20.5. The van der Waals surface area contributed by atoms with E-state index in [4.69, 9.17) is 4.74 Å². The summed E-state index contributed by atoms with van der Waals surface area (Å²) in [4.78, 5) is 21.1. The van der Waals surface area contributed by atoms with Crippen molar-refractivity contribution in [2.24, 2.45) is 10.9 Å². The number of piperidine rings is 1. The molecular formula is C23H36N4O2. The topological polar surface area (TPSA) is 57.2 Å². The maximum absolute atomic E-state index is 11.8. The van der Waals surface area contributed by atoms with Crippen LogP contribution in [0.3, 0.4) is 0 Å². The number of rotatable bonds is 5. The number of methoxy groups -OCH3 is 1. The standard InChI is InChI=1S/C23H36N4O2/c1-24-23(27-15-11-19(12-16-27)22(28)29-2)25-17-20-9-5-6-10-21(20)18-26-13-7-3-4-8-14-26/h5-6,9-10,19H,3-4,7-8,11-18H2,1-2H3,(H,24,25). The van der Waals surface area contributed by atoms with Crippen molar-refractivity contribution in [3.8, 4) is 0 Å². The number of ether oxygens (including phenoxy) is 1. The van der Waals surface area contributed by atoms with E-state index in [1.54, 1.807) is 0 Å². The van der Waals surface area contributed by atoms with Gasteiger partial charge in [-0.1, -0.05) is 37.1 Å². The number of hydrogen-bond acceptors (Lipinski definition) is 4. The van der Waals surface area contributed by atoms with Gasteiger partial charge in [0.05, 0.1) is 13.0 Å². The van der Waals surface area contributed by atoms with E-state index in [9.17, 15) is 4.79 Å². The highest BCUT2D eigenvalue weighted by Gasteiger charge is 2.27. The Bertz CT molecular complexity index is 675. The van der Waals surface area contributed by atoms with Gasteiger partial charge in [-0.25, -0.2) is 0 Å². The third kappa shape index (κ3) is 6.20. The minimum Gasteiger partial charge on any atom is -0.469 e. The van der Waals surface area contributed by atoms with Gasteiger partial charge < -0.3 is 15.0 Å². The maximum Gasteiger partial charge on any atom is 0.308 e. The summed E-state index contributed by atoms with van der Waals surface area (Å²) < 4.78 is 4.89. The molecule has 0 aromatic heterocycles. The molecule has 0 spiro atoms. The van der Waals surface area contributed by atoms with Gasteiger partial charge in [0.15, 0.2) is 5.96 Å². The van der Waals surface area contributed by atoms with Gasteiger partial charge in [0, 0.05) is 33.2 Å². The van der Waals surface area contributed by atoms with Crippen molar-refractivity contribution in [3.05, 3.63) is 35.4 Å². The highest BCUT2D eigenvalue weighted by atomic mass is 16.5. The molecule has 2 aliphatic heterocycles. The average molecular weight is 401 g/mol. The van der Waals surface area contributed by atoms with Crippen LogP contribution in [-0.2, 0) is 22.6 Å². The van der Waals surface area contributed by atoms with Crippen molar-refractivity contribution >= 4 is 11.9 Å². The third-order valence-corrected chi connectivity index (χ3v) is 6.19. The molecule has 1 N–H and O–H groups in total. The molecule has 0 atom stereocenters. The van der Waals surface area contributed by atoms with Crippen LogP contribution in [0.4, 0.5) is 0 Å². The van der Waals surface area contributed by atoms with Gasteiger partial charge in [0.25, 0.3) is 0 Å². The van der Waals surface area contributed by atoms with E-state index in [0.29, 0.717) is 0 Å². The lowest BCUT2D eigenvalue weighted by molar-refractivity contribution is -0.146. The summed E-state index contributed by atoms with van der Waals surface area (Å²) in [5, 5.41) is 3.54. The number of hydrogen-bond donors (Lipinski definition) is 1. The van der Waals surface area contributed by atoms with Crippen molar-refractivity contribution in [1.29, 1.82) is 0 Å². The Kier molecular flexibility index (Phi) is 8.35. The van der Waals surface area contributed by atoms with Crippen LogP contribution in [-0.4, -0.2) is 62.1 Å². The average Bonchev–Trinajstić information content (AvgIpc) is 3.04. The van der Waals surface area contributed by atoms with E-state index in [0.717, 1.165) is 45.0 Å². The fourth-order valence-corrected chi connectivity index (χ4v) is 4.42. The molecular weight excluding hydrogens is 364 g/mol. The van der Waals surface area contributed by atoms with E-state index in [1.165, 1.54) is 57.0 Å². The Labute approximate surface area is 175 Å². The van der Waals surface area contributed by atoms with Crippen LogP contribution in [0.1, 0.15) is 49.7 Å². The molecule has 2 heterocycles. The van der Waals surface area contributed by atoms with Crippen molar-refractivity contribution in [2.45, 2.75) is 51.6 Å². The number of benzene rings is 1. The van der Waals surface area contributed by atoms with Crippen LogP contribution in [0.2, 0.25) is 0 Å². The number of likely N-dealkylation sites (tertiary alicyclic amines) is 2. The lowest BCUT2D eigenvalue weighted by Gasteiger charge is -2.33. The Hall–Kier alpha value is -2.08. The Morgan fingerprint density at radius 2 is 1.72 bits per heavy atom. The normalized spacial score (nSPS) is 19.7. The molecule has 0 amide bonds. The molecule has 6 nitrogen and oxygen atoms in total. The largest absolute Gasteiger partial charge is 0.469 e. The number of aliphatic imine (C=N–C) groups is 1. The van der Waals surface area contributed by atoms with Crippen LogP contribution in [0, 0.1) is 5.92 Å². The summed E-state index contributed by atoms with van der Waals surface area (Å²) >= 11 is 0. The van der Waals surface area contributed by atoms with Gasteiger partial charge in [-0.05, 0) is 49.9 Å². The van der Waals surface area contributed by atoms with Crippen LogP contribution in [0.25, 0.3) is 0 Å². The molecule has 2 fully saturated rings. The zero-order valence-corrected chi connectivity index (χ0v) is 18.0. The molecule has 160 valence electrons. The summed E-state index contributed by atoms with van der Waals surface area (Å²) in [5.41, 5.74) is 2.74. The highest BCUT2D eigenvalue weighted by molar-refractivity contribution is 5.80. The first kappa shape index (κ1) is 21.6. The maximum atomic E-state index is 11.8. The molecule has 6 heteroatoms. The zero-order valence-electron chi connectivity index (χ0n) is 18.0. The Balaban J connectivity index is 1.55. The van der Waals surface area contributed by atoms with Gasteiger partial charge >= 0.3 is 5.97 Å². The van der Waals surface area contributed by atoms with E-state index < -0.39 is 0 Å². The molecule has 0 unspecified atom stereocenters. The van der Waals surface area contributed by atoms with Gasteiger partial charge in [0.2, 0.25) is 0 Å². The monoisotopic (exact) mass is 400 g/mol. The van der Waals surface area contributed by atoms with Crippen LogP contribution in [0.15, 0.2) is 29.3 Å². The summed E-state index contributed by atoms with van der Waals surface area (Å²) in [5.74, 6) is 0.844. The first-order chi connectivity index (χ1) is 14.2. The molecule has 3 rings (SSSR count). The minimum absolute atomic E-state index is 0.0173. The number of carbonyl (C=O) groups excluding carboxylic acids is 1. The summed E-state index contributed by atoms with van der Waals surface area (Å²) in [6.45, 7) is 5.87. The first-order valence-electron chi connectivity index (χ1n) is 11.0. The van der Waals surface area contributed by atoms with Crippen molar-refractivity contribution in [2.75, 3.05) is 40.3 Å². The molecule has 1 aromatic carbocycles. The number of carbonyl (C=O) groups is 1. The number of esters is 1. The smallest absolute Gasteiger partial charge is 0.308 e. The molecule has 0 saturated carbocycles. The van der Waals surface area contributed by atoms with E-state index in [2.05, 4.69) is 44.4 Å². The third-order valence-electron chi connectivity index (χ3n) is 6.19. The molecule has 29 heavy (non-hydrogen) atoms. The fourth-order valence-electron chi connectivity index (χ4n) is 4.42. The molecule has 2 aliphatic rings. The molecule has 0 radical (unpaired) electrons. The second-order valence-electron chi connectivity index (χ2n) is 8.14. The van der Waals surface area contributed by atoms with Gasteiger partial charge in [-0.15, -0.1) is 0 Å². The Morgan fingerprint density at radius 1 is 1.07 bits per heavy atom. The molecule has 1 aromatic rings. The number of nitrogens with zero attached hydrogens (tertiary/aromatic N) is 3. The SMILES string of the molecule is CN=C(NCc1ccccc1CN1CCCCCC1)N1CCC(C(=O)OC)CC1. The lowest BCUT2D eigenvalue weighted by Crippen LogP contribution is -2.46. The number of guanidine groups is 1. The van der Waals surface area contributed by atoms with E-state index in [1.807, 2.05) is 7.05 Å². The predicted octanol–water partition coefficient (Wildman–Crippen LogP) is 3.02. The highest BCUT2D eigenvalue weighted by Crippen LogP contribution is 2.19. The second-order valence-corrected chi connectivity index (χ2v) is 8.14. The fraction of sp³-hybridized carbons (Fsp3) is 0.652. The van der Waals surface area contributed by atoms with Gasteiger partial charge in [-0.2, -0.15) is 0 Å². The van der Waals surface area contributed by atoms with Gasteiger partial charge in [-0.3, -0.25) is 14.7 Å². The van der Waals surface area contributed by atoms with E-state index >= 15 is 0 Å². The molecule has 0 aliphatic carbocycles. The van der Waals surface area contributed by atoms with Crippen LogP contribution < -0.4 is 5.32 Å². The first-order valence-corrected chi connectivity index (χ1v) is 11.0. The summed E-state index contributed by atoms with van der Waals surface area (Å²) in [6.07, 6.45) is 6.99. The minimum atomic E-state index is -0.0879. The Morgan fingerprint density at radius 3 is 2.34 bits per heavy atom. The van der Waals surface area contributed by atoms with Crippen molar-refractivity contribution < 1.29 is 9.53 Å². The van der Waals surface area contributed by atoms with Crippen molar-refractivity contribution in [1.82, 2.24) is 15.1 Å². The predicted molar refractivity (Wildman–Crippen MR) is 117 cm³/mol. The van der Waals surface area contributed by atoms with Crippen LogP contribution >= 0.6 is 0 Å². The summed E-state index contributed by atoms with van der Waals surface area (Å²) in [7, 11) is 3.30. The number of nitrogens with one attached hydrogen (secondary N) is 1. The molecule has 2 saturated heterocycles. The quantitative estimate of drug-likeness (QED) is 0.468. The van der Waals surface area contributed by atoms with E-state index in [-0.39, 0.29) is 11.9 Å². The molecule has 0 bridgehead atoms. The van der Waals surface area contributed by atoms with Crippen molar-refractivity contribution in [3.63, 3.8) is 0 Å².